The first-order valence-corrected chi connectivity index (χ1v) is 13.5. The minimum Gasteiger partial charge on any atom is -0.464 e. The van der Waals surface area contributed by atoms with Crippen LogP contribution in [0.4, 0.5) is 13.2 Å². The highest BCUT2D eigenvalue weighted by molar-refractivity contribution is 5.98. The van der Waals surface area contributed by atoms with Crippen LogP contribution in [0, 0.1) is 0 Å². The first-order valence-electron chi connectivity index (χ1n) is 13.5. The number of nitrogens with zero attached hydrogens (tertiary/aromatic N) is 1. The molecule has 2 rings (SSSR count). The third-order valence-electron chi connectivity index (χ3n) is 6.74. The van der Waals surface area contributed by atoms with Crippen LogP contribution in [0.15, 0.2) is 24.3 Å². The molecule has 0 bridgehead atoms. The van der Waals surface area contributed by atoms with E-state index in [1.807, 2.05) is 0 Å². The summed E-state index contributed by atoms with van der Waals surface area (Å²) in [5.74, 6) is -1.28. The van der Waals surface area contributed by atoms with Gasteiger partial charge in [0.2, 0.25) is 0 Å². The van der Waals surface area contributed by atoms with Gasteiger partial charge in [-0.15, -0.1) is 0 Å². The van der Waals surface area contributed by atoms with Gasteiger partial charge < -0.3 is 9.64 Å². The van der Waals surface area contributed by atoms with E-state index < -0.39 is 35.2 Å². The Kier molecular flexibility index (Phi) is 13.2. The molecule has 1 heterocycles. The fourth-order valence-corrected chi connectivity index (χ4v) is 4.72. The van der Waals surface area contributed by atoms with Gasteiger partial charge in [-0.05, 0) is 31.4 Å². The van der Waals surface area contributed by atoms with Crippen LogP contribution in [0.5, 0.6) is 0 Å². The summed E-state index contributed by atoms with van der Waals surface area (Å²) < 4.78 is 45.3. The standard InChI is InChI=1S/C28H42F3NO3/c1-2-3-4-5-6-7-8-9-10-11-12-13-16-22-35-27(34)25-20-17-21-32(25)26(33)23-18-14-15-19-24(23)28(29,30)31/h14-15,18-19,25H,2-13,16-17,20-22H2,1H3. The van der Waals surface area contributed by atoms with Crippen molar-refractivity contribution >= 4 is 11.9 Å². The number of unbranched alkanes of at least 4 members (excludes halogenated alkanes) is 12. The Hall–Kier alpha value is -2.05. The van der Waals surface area contributed by atoms with Gasteiger partial charge >= 0.3 is 12.1 Å². The Morgan fingerprint density at radius 1 is 0.886 bits per heavy atom. The monoisotopic (exact) mass is 497 g/mol. The molecule has 7 heteroatoms. The van der Waals surface area contributed by atoms with Gasteiger partial charge in [0.25, 0.3) is 5.91 Å². The molecule has 1 atom stereocenters. The number of esters is 1. The van der Waals surface area contributed by atoms with Gasteiger partial charge in [-0.2, -0.15) is 13.2 Å². The zero-order chi connectivity index (χ0) is 25.5. The summed E-state index contributed by atoms with van der Waals surface area (Å²) in [5.41, 5.74) is -1.40. The normalized spacial score (nSPS) is 16.0. The average molecular weight is 498 g/mol. The average Bonchev–Trinajstić information content (AvgIpc) is 3.33. The lowest BCUT2D eigenvalue weighted by Crippen LogP contribution is -2.42. The summed E-state index contributed by atoms with van der Waals surface area (Å²) in [4.78, 5) is 26.6. The Labute approximate surface area is 208 Å². The molecule has 1 aliphatic rings. The largest absolute Gasteiger partial charge is 0.464 e. The molecular weight excluding hydrogens is 455 g/mol. The van der Waals surface area contributed by atoms with E-state index >= 15 is 0 Å². The number of likely N-dealkylation sites (tertiary alicyclic amines) is 1. The Bertz CT molecular complexity index is 766. The van der Waals surface area contributed by atoms with Gasteiger partial charge in [0, 0.05) is 6.54 Å². The molecule has 0 saturated carbocycles. The maximum absolute atomic E-state index is 13.3. The molecule has 1 fully saturated rings. The number of benzene rings is 1. The minimum absolute atomic E-state index is 0.254. The maximum atomic E-state index is 13.3. The van der Waals surface area contributed by atoms with E-state index in [0.29, 0.717) is 12.8 Å². The zero-order valence-electron chi connectivity index (χ0n) is 21.2. The molecule has 1 amide bonds. The number of alkyl halides is 3. The molecule has 1 aliphatic heterocycles. The second kappa shape index (κ2) is 15.8. The second-order valence-electron chi connectivity index (χ2n) is 9.61. The predicted molar refractivity (Wildman–Crippen MR) is 132 cm³/mol. The first kappa shape index (κ1) is 29.2. The molecule has 0 aliphatic carbocycles. The van der Waals surface area contributed by atoms with E-state index in [1.54, 1.807) is 0 Å². The van der Waals surface area contributed by atoms with E-state index in [1.165, 1.54) is 87.3 Å². The van der Waals surface area contributed by atoms with Crippen molar-refractivity contribution < 1.29 is 27.5 Å². The van der Waals surface area contributed by atoms with Crippen LogP contribution < -0.4 is 0 Å². The van der Waals surface area contributed by atoms with Crippen LogP contribution in [0.1, 0.15) is 119 Å². The van der Waals surface area contributed by atoms with E-state index in [-0.39, 0.29) is 13.2 Å². The van der Waals surface area contributed by atoms with Gasteiger partial charge in [0.15, 0.2) is 0 Å². The van der Waals surface area contributed by atoms with Gasteiger partial charge in [0.1, 0.15) is 6.04 Å². The summed E-state index contributed by atoms with van der Waals surface area (Å²) in [6.07, 6.45) is 12.3. The van der Waals surface area contributed by atoms with Gasteiger partial charge in [-0.1, -0.05) is 96.1 Å². The second-order valence-corrected chi connectivity index (χ2v) is 9.61. The van der Waals surface area contributed by atoms with Crippen molar-refractivity contribution in [1.29, 1.82) is 0 Å². The van der Waals surface area contributed by atoms with E-state index in [2.05, 4.69) is 6.92 Å². The molecular formula is C28H42F3NO3. The van der Waals surface area contributed by atoms with Crippen molar-refractivity contribution in [2.75, 3.05) is 13.2 Å². The fourth-order valence-electron chi connectivity index (χ4n) is 4.72. The van der Waals surface area contributed by atoms with E-state index in [0.717, 1.165) is 25.3 Å². The highest BCUT2D eigenvalue weighted by Gasteiger charge is 2.40. The molecule has 1 saturated heterocycles. The summed E-state index contributed by atoms with van der Waals surface area (Å²) >= 11 is 0. The lowest BCUT2D eigenvalue weighted by atomic mass is 10.0. The molecule has 0 radical (unpaired) electrons. The lowest BCUT2D eigenvalue weighted by Gasteiger charge is -2.24. The lowest BCUT2D eigenvalue weighted by molar-refractivity contribution is -0.148. The fraction of sp³-hybridized carbons (Fsp3) is 0.714. The van der Waals surface area contributed by atoms with Gasteiger partial charge in [-0.3, -0.25) is 4.79 Å². The third kappa shape index (κ3) is 10.2. The van der Waals surface area contributed by atoms with Crippen molar-refractivity contribution in [2.24, 2.45) is 0 Å². The predicted octanol–water partition coefficient (Wildman–Crippen LogP) is 7.94. The quantitative estimate of drug-likeness (QED) is 0.172. The topological polar surface area (TPSA) is 46.6 Å². The summed E-state index contributed by atoms with van der Waals surface area (Å²) in [6.45, 7) is 2.78. The smallest absolute Gasteiger partial charge is 0.417 e. The number of halogens is 3. The van der Waals surface area contributed by atoms with Crippen LogP contribution in [0.3, 0.4) is 0 Å². The van der Waals surface area contributed by atoms with Crippen molar-refractivity contribution in [3.8, 4) is 0 Å². The van der Waals surface area contributed by atoms with Crippen LogP contribution in [-0.2, 0) is 15.7 Å². The van der Waals surface area contributed by atoms with Crippen molar-refractivity contribution in [1.82, 2.24) is 4.90 Å². The Morgan fingerprint density at radius 2 is 1.43 bits per heavy atom. The van der Waals surface area contributed by atoms with Crippen molar-refractivity contribution in [2.45, 2.75) is 115 Å². The highest BCUT2D eigenvalue weighted by atomic mass is 19.4. The number of hydrogen-bond donors (Lipinski definition) is 0. The number of hydrogen-bond acceptors (Lipinski definition) is 3. The van der Waals surface area contributed by atoms with E-state index in [4.69, 9.17) is 4.74 Å². The molecule has 0 spiro atoms. The van der Waals surface area contributed by atoms with Crippen LogP contribution in [0.25, 0.3) is 0 Å². The van der Waals surface area contributed by atoms with Crippen LogP contribution in [0.2, 0.25) is 0 Å². The SMILES string of the molecule is CCCCCCCCCCCCCCCOC(=O)C1CCCN1C(=O)c1ccccc1C(F)(F)F. The summed E-state index contributed by atoms with van der Waals surface area (Å²) in [5, 5.41) is 0. The number of ether oxygens (including phenoxy) is 1. The molecule has 1 unspecified atom stereocenters. The minimum atomic E-state index is -4.63. The molecule has 1 aromatic rings. The number of amides is 1. The van der Waals surface area contributed by atoms with Crippen LogP contribution in [-0.4, -0.2) is 36.0 Å². The van der Waals surface area contributed by atoms with Crippen LogP contribution >= 0.6 is 0 Å². The van der Waals surface area contributed by atoms with Crippen molar-refractivity contribution in [3.63, 3.8) is 0 Å². The molecule has 4 nitrogen and oxygen atoms in total. The van der Waals surface area contributed by atoms with E-state index in [9.17, 15) is 22.8 Å². The molecule has 198 valence electrons. The number of rotatable bonds is 16. The highest BCUT2D eigenvalue weighted by Crippen LogP contribution is 2.33. The molecule has 35 heavy (non-hydrogen) atoms. The molecule has 1 aromatic carbocycles. The Morgan fingerprint density at radius 3 is 2.00 bits per heavy atom. The Balaban J connectivity index is 1.62. The van der Waals surface area contributed by atoms with Gasteiger partial charge in [0.05, 0.1) is 17.7 Å². The van der Waals surface area contributed by atoms with Crippen molar-refractivity contribution in [3.05, 3.63) is 35.4 Å². The number of carbonyl (C=O) groups excluding carboxylic acids is 2. The summed E-state index contributed by atoms with van der Waals surface area (Å²) in [6, 6.07) is 3.90. The van der Waals surface area contributed by atoms with Gasteiger partial charge in [-0.25, -0.2) is 4.79 Å². The summed E-state index contributed by atoms with van der Waals surface area (Å²) in [7, 11) is 0. The zero-order valence-corrected chi connectivity index (χ0v) is 21.2. The molecule has 0 aromatic heterocycles. The number of carbonyl (C=O) groups is 2. The maximum Gasteiger partial charge on any atom is 0.417 e. The third-order valence-corrected chi connectivity index (χ3v) is 6.74. The first-order chi connectivity index (χ1) is 16.9. The molecule has 0 N–H and O–H groups in total.